The van der Waals surface area contributed by atoms with Gasteiger partial charge in [-0.3, -0.25) is 9.59 Å². The van der Waals surface area contributed by atoms with Gasteiger partial charge in [-0.15, -0.1) is 0 Å². The molecule has 0 aliphatic heterocycles. The molecule has 1 aromatic heterocycles. The predicted octanol–water partition coefficient (Wildman–Crippen LogP) is 5.07. The number of carboxylic acids is 1. The summed E-state index contributed by atoms with van der Waals surface area (Å²) in [6, 6.07) is 18.2. The SMILES string of the molecule is CCN(C(=O)c1cccc(/C=C/Cn2cccc2C(=O)c2ccc(C)cc2)c1)C(C)(C)C(=O)O. The van der Waals surface area contributed by atoms with Gasteiger partial charge < -0.3 is 14.6 Å². The van der Waals surface area contributed by atoms with E-state index >= 15 is 0 Å². The van der Waals surface area contributed by atoms with Crippen LogP contribution in [-0.4, -0.2) is 44.3 Å². The second kappa shape index (κ2) is 10.3. The van der Waals surface area contributed by atoms with Crippen LogP contribution in [-0.2, 0) is 11.3 Å². The Balaban J connectivity index is 1.75. The topological polar surface area (TPSA) is 79.6 Å². The van der Waals surface area contributed by atoms with Gasteiger partial charge in [-0.25, -0.2) is 4.79 Å². The van der Waals surface area contributed by atoms with Crippen LogP contribution < -0.4 is 0 Å². The molecule has 3 rings (SSSR count). The van der Waals surface area contributed by atoms with E-state index in [2.05, 4.69) is 0 Å². The molecule has 0 fully saturated rings. The summed E-state index contributed by atoms with van der Waals surface area (Å²) in [7, 11) is 0. The number of aliphatic carboxylic acids is 1. The fraction of sp³-hybridized carbons (Fsp3) is 0.250. The number of ketones is 1. The maximum atomic E-state index is 13.0. The van der Waals surface area contributed by atoms with Crippen LogP contribution in [0.4, 0.5) is 0 Å². The van der Waals surface area contributed by atoms with Gasteiger partial charge in [-0.2, -0.15) is 0 Å². The Bertz CT molecular complexity index is 1220. The maximum absolute atomic E-state index is 13.0. The van der Waals surface area contributed by atoms with Crippen molar-refractivity contribution in [3.8, 4) is 0 Å². The number of hydrogen-bond donors (Lipinski definition) is 1. The number of aryl methyl sites for hydroxylation is 1. The maximum Gasteiger partial charge on any atom is 0.329 e. The zero-order chi connectivity index (χ0) is 24.9. The van der Waals surface area contributed by atoms with Crippen LogP contribution in [0, 0.1) is 6.92 Å². The third kappa shape index (κ3) is 5.34. The van der Waals surface area contributed by atoms with Crippen molar-refractivity contribution in [2.45, 2.75) is 39.8 Å². The van der Waals surface area contributed by atoms with E-state index in [-0.39, 0.29) is 18.2 Å². The smallest absolute Gasteiger partial charge is 0.329 e. The molecule has 6 nitrogen and oxygen atoms in total. The van der Waals surface area contributed by atoms with Crippen molar-refractivity contribution in [1.29, 1.82) is 0 Å². The molecule has 34 heavy (non-hydrogen) atoms. The lowest BCUT2D eigenvalue weighted by atomic mass is 10.0. The molecular weight excluding hydrogens is 428 g/mol. The average molecular weight is 459 g/mol. The molecule has 0 bridgehead atoms. The van der Waals surface area contributed by atoms with Gasteiger partial charge in [0.25, 0.3) is 5.91 Å². The second-order valence-corrected chi connectivity index (χ2v) is 8.68. The predicted molar refractivity (Wildman–Crippen MR) is 133 cm³/mol. The van der Waals surface area contributed by atoms with E-state index in [9.17, 15) is 19.5 Å². The summed E-state index contributed by atoms with van der Waals surface area (Å²) in [6.07, 6.45) is 5.67. The number of carbonyl (C=O) groups excluding carboxylic acids is 2. The highest BCUT2D eigenvalue weighted by Crippen LogP contribution is 2.19. The molecule has 0 saturated carbocycles. The summed E-state index contributed by atoms with van der Waals surface area (Å²) in [5.74, 6) is -1.42. The van der Waals surface area contributed by atoms with Crippen molar-refractivity contribution in [2.75, 3.05) is 6.54 Å². The number of benzene rings is 2. The summed E-state index contributed by atoms with van der Waals surface area (Å²) in [5.41, 5.74) is 2.27. The molecular formula is C28H30N2O4. The summed E-state index contributed by atoms with van der Waals surface area (Å²) in [6.45, 7) is 7.56. The molecule has 176 valence electrons. The number of rotatable bonds is 9. The first kappa shape index (κ1) is 24.7. The summed E-state index contributed by atoms with van der Waals surface area (Å²) < 4.78 is 1.88. The molecule has 0 unspecified atom stereocenters. The van der Waals surface area contributed by atoms with Crippen LogP contribution in [0.15, 0.2) is 72.9 Å². The number of carboxylic acid groups (broad SMARTS) is 1. The van der Waals surface area contributed by atoms with E-state index in [0.29, 0.717) is 23.4 Å². The fourth-order valence-corrected chi connectivity index (χ4v) is 3.77. The van der Waals surface area contributed by atoms with Gasteiger partial charge in [0.15, 0.2) is 0 Å². The minimum atomic E-state index is -1.31. The molecule has 0 atom stereocenters. The van der Waals surface area contributed by atoms with Crippen LogP contribution in [0.5, 0.6) is 0 Å². The molecule has 0 spiro atoms. The summed E-state index contributed by atoms with van der Waals surface area (Å²) in [5, 5.41) is 9.51. The molecule has 6 heteroatoms. The van der Waals surface area contributed by atoms with Gasteiger partial charge in [0.05, 0.1) is 5.69 Å². The lowest BCUT2D eigenvalue weighted by Gasteiger charge is -2.34. The number of aromatic nitrogens is 1. The van der Waals surface area contributed by atoms with Crippen molar-refractivity contribution in [2.24, 2.45) is 0 Å². The number of likely N-dealkylation sites (N-methyl/N-ethyl adjacent to an activating group) is 1. The largest absolute Gasteiger partial charge is 0.480 e. The molecule has 3 aromatic rings. The lowest BCUT2D eigenvalue weighted by molar-refractivity contribution is -0.147. The van der Waals surface area contributed by atoms with Crippen molar-refractivity contribution in [3.63, 3.8) is 0 Å². The zero-order valence-corrected chi connectivity index (χ0v) is 20.0. The van der Waals surface area contributed by atoms with E-state index in [1.54, 1.807) is 31.2 Å². The minimum absolute atomic E-state index is 0.0355. The number of amides is 1. The highest BCUT2D eigenvalue weighted by molar-refractivity contribution is 6.08. The van der Waals surface area contributed by atoms with Gasteiger partial charge in [0.1, 0.15) is 5.54 Å². The van der Waals surface area contributed by atoms with Gasteiger partial charge in [-0.1, -0.05) is 54.1 Å². The molecule has 2 aromatic carbocycles. The van der Waals surface area contributed by atoms with E-state index in [4.69, 9.17) is 0 Å². The van der Waals surface area contributed by atoms with Crippen molar-refractivity contribution >= 4 is 23.7 Å². The van der Waals surface area contributed by atoms with E-state index in [1.165, 1.54) is 18.7 Å². The van der Waals surface area contributed by atoms with E-state index in [1.807, 2.05) is 66.2 Å². The third-order valence-corrected chi connectivity index (χ3v) is 5.88. The normalized spacial score (nSPS) is 11.5. The Kier molecular flexibility index (Phi) is 7.51. The molecule has 0 aliphatic rings. The zero-order valence-electron chi connectivity index (χ0n) is 20.0. The van der Waals surface area contributed by atoms with Gasteiger partial charge in [0.2, 0.25) is 5.78 Å². The molecule has 1 amide bonds. The van der Waals surface area contributed by atoms with Crippen LogP contribution in [0.1, 0.15) is 58.3 Å². The Labute approximate surface area is 200 Å². The molecule has 0 radical (unpaired) electrons. The minimum Gasteiger partial charge on any atom is -0.480 e. The van der Waals surface area contributed by atoms with Gasteiger partial charge in [0, 0.05) is 30.4 Å². The standard InChI is InChI=1S/C28H30N2O4/c1-5-30(28(3,4)27(33)34)26(32)23-11-6-9-21(19-23)10-7-17-29-18-8-12-24(29)25(31)22-15-13-20(2)14-16-22/h6-16,18-19H,5,17H2,1-4H3,(H,33,34)/b10-7+. The molecule has 1 N–H and O–H groups in total. The summed E-state index contributed by atoms with van der Waals surface area (Å²) >= 11 is 0. The lowest BCUT2D eigenvalue weighted by Crippen LogP contribution is -2.52. The van der Waals surface area contributed by atoms with E-state index < -0.39 is 11.5 Å². The van der Waals surface area contributed by atoms with Crippen molar-refractivity contribution < 1.29 is 19.5 Å². The Morgan fingerprint density at radius 3 is 2.35 bits per heavy atom. The van der Waals surface area contributed by atoms with Crippen molar-refractivity contribution in [3.05, 3.63) is 101 Å². The van der Waals surface area contributed by atoms with Crippen LogP contribution in [0.2, 0.25) is 0 Å². The highest BCUT2D eigenvalue weighted by atomic mass is 16.4. The Morgan fingerprint density at radius 1 is 1.00 bits per heavy atom. The number of nitrogens with zero attached hydrogens (tertiary/aromatic N) is 2. The first-order chi connectivity index (χ1) is 16.1. The number of allylic oxidation sites excluding steroid dienone is 1. The Morgan fingerprint density at radius 2 is 1.71 bits per heavy atom. The van der Waals surface area contributed by atoms with Crippen LogP contribution in [0.25, 0.3) is 6.08 Å². The summed E-state index contributed by atoms with van der Waals surface area (Å²) in [4.78, 5) is 38.9. The molecule has 0 aliphatic carbocycles. The first-order valence-corrected chi connectivity index (χ1v) is 11.2. The fourth-order valence-electron chi connectivity index (χ4n) is 3.77. The average Bonchev–Trinajstić information content (AvgIpc) is 3.28. The highest BCUT2D eigenvalue weighted by Gasteiger charge is 2.37. The monoisotopic (exact) mass is 458 g/mol. The third-order valence-electron chi connectivity index (χ3n) is 5.88. The van der Waals surface area contributed by atoms with Crippen LogP contribution in [0.3, 0.4) is 0 Å². The number of carbonyl (C=O) groups is 3. The van der Waals surface area contributed by atoms with Crippen LogP contribution >= 0.6 is 0 Å². The Hall–Kier alpha value is -3.93. The first-order valence-electron chi connectivity index (χ1n) is 11.2. The molecule has 1 heterocycles. The number of hydrogen-bond acceptors (Lipinski definition) is 3. The molecule has 0 saturated heterocycles. The van der Waals surface area contributed by atoms with Crippen molar-refractivity contribution in [1.82, 2.24) is 9.47 Å². The van der Waals surface area contributed by atoms with Gasteiger partial charge >= 0.3 is 5.97 Å². The van der Waals surface area contributed by atoms with E-state index in [0.717, 1.165) is 11.1 Å². The van der Waals surface area contributed by atoms with Gasteiger partial charge in [-0.05, 0) is 57.5 Å². The quantitative estimate of drug-likeness (QED) is 0.454. The second-order valence-electron chi connectivity index (χ2n) is 8.68.